The molecule has 8 heteroatoms. The molecule has 29 heavy (non-hydrogen) atoms. The summed E-state index contributed by atoms with van der Waals surface area (Å²) < 4.78 is 15.7. The Kier molecular flexibility index (Phi) is 6.87. The number of hydroxylamine groups is 2. The zero-order valence-electron chi connectivity index (χ0n) is 16.8. The highest BCUT2D eigenvalue weighted by Gasteiger charge is 2.21. The number of benzene rings is 1. The van der Waals surface area contributed by atoms with Crippen LogP contribution in [0.2, 0.25) is 0 Å². The van der Waals surface area contributed by atoms with Crippen LogP contribution < -0.4 is 0 Å². The first kappa shape index (κ1) is 21.3. The van der Waals surface area contributed by atoms with Crippen molar-refractivity contribution in [2.45, 2.75) is 43.2 Å². The van der Waals surface area contributed by atoms with Gasteiger partial charge in [0.15, 0.2) is 0 Å². The molecule has 1 aromatic carbocycles. The number of hydrogen-bond donors (Lipinski definition) is 0. The summed E-state index contributed by atoms with van der Waals surface area (Å²) in [5.74, 6) is 1.02. The molecule has 0 aliphatic carbocycles. The first-order valence-electron chi connectivity index (χ1n) is 9.21. The molecule has 0 atom stereocenters. The highest BCUT2D eigenvalue weighted by atomic mass is 32.2. The predicted octanol–water partition coefficient (Wildman–Crippen LogP) is 5.20. The molecule has 2 aromatic heterocycles. The van der Waals surface area contributed by atoms with Gasteiger partial charge >= 0.3 is 5.17 Å². The number of aryl methyl sites for hydroxylation is 1. The standard InChI is InChI=1S/C19H20FN3S.C2H3NOS/c1-13(2)18-19(24-17-9-6-7-15(20)11-17)23(14(3)22-18)12-16-8-4-5-10-21-16;1-3-2(5)4-3/h4-11,13H,12H2,1-3H3;1H3. The number of nitrogens with zero attached hydrogens (tertiary/aromatic N) is 4. The van der Waals surface area contributed by atoms with Gasteiger partial charge in [0.1, 0.15) is 16.7 Å². The molecule has 0 amide bonds. The zero-order chi connectivity index (χ0) is 21.0. The molecule has 152 valence electrons. The van der Waals surface area contributed by atoms with E-state index in [9.17, 15) is 4.39 Å². The van der Waals surface area contributed by atoms with Crippen molar-refractivity contribution in [3.05, 3.63) is 71.7 Å². The minimum absolute atomic E-state index is 0.224. The fourth-order valence-corrected chi connectivity index (χ4v) is 3.98. The topological polar surface area (TPSA) is 46.2 Å². The number of halogens is 1. The van der Waals surface area contributed by atoms with Crippen molar-refractivity contribution in [2.75, 3.05) is 7.05 Å². The zero-order valence-corrected chi connectivity index (χ0v) is 18.4. The first-order chi connectivity index (χ1) is 13.8. The number of imidazole rings is 1. The van der Waals surface area contributed by atoms with Crippen molar-refractivity contribution in [1.29, 1.82) is 0 Å². The third-order valence-corrected chi connectivity index (χ3v) is 5.62. The van der Waals surface area contributed by atoms with Crippen LogP contribution >= 0.6 is 24.0 Å². The van der Waals surface area contributed by atoms with Gasteiger partial charge in [-0.25, -0.2) is 9.37 Å². The fraction of sp³-hybridized carbons (Fsp3) is 0.286. The van der Waals surface area contributed by atoms with Gasteiger partial charge in [0.2, 0.25) is 0 Å². The molecule has 0 saturated carbocycles. The summed E-state index contributed by atoms with van der Waals surface area (Å²) in [6.45, 7) is 6.92. The van der Waals surface area contributed by atoms with Gasteiger partial charge in [0.05, 0.1) is 17.9 Å². The SMILES string of the molecule is CN1OC1=S.Cc1nc(C(C)C)c(Sc2cccc(F)c2)n1Cc1ccccn1. The second-order valence-electron chi connectivity index (χ2n) is 6.83. The number of pyridine rings is 1. The minimum atomic E-state index is -0.224. The summed E-state index contributed by atoms with van der Waals surface area (Å²) in [4.78, 5) is 14.5. The van der Waals surface area contributed by atoms with Gasteiger partial charge in [-0.15, -0.1) is 0 Å². The summed E-state index contributed by atoms with van der Waals surface area (Å²) in [5.41, 5.74) is 2.02. The predicted molar refractivity (Wildman–Crippen MR) is 116 cm³/mol. The molecule has 1 saturated heterocycles. The Morgan fingerprint density at radius 1 is 1.21 bits per heavy atom. The molecule has 5 nitrogen and oxygen atoms in total. The van der Waals surface area contributed by atoms with Gasteiger partial charge in [-0.3, -0.25) is 4.98 Å². The van der Waals surface area contributed by atoms with Crippen LogP contribution in [0.5, 0.6) is 0 Å². The number of hydrogen-bond acceptors (Lipinski definition) is 5. The van der Waals surface area contributed by atoms with E-state index in [2.05, 4.69) is 40.5 Å². The van der Waals surface area contributed by atoms with E-state index in [1.54, 1.807) is 37.1 Å². The number of thiocarbonyl (C=S) groups is 1. The van der Waals surface area contributed by atoms with E-state index in [4.69, 9.17) is 4.98 Å². The maximum Gasteiger partial charge on any atom is 0.322 e. The Bertz CT molecular complexity index is 992. The maximum atomic E-state index is 13.5. The van der Waals surface area contributed by atoms with Gasteiger partial charge < -0.3 is 9.40 Å². The van der Waals surface area contributed by atoms with Gasteiger partial charge in [-0.1, -0.05) is 37.7 Å². The van der Waals surface area contributed by atoms with Crippen molar-refractivity contribution < 1.29 is 9.23 Å². The Hall–Kier alpha value is -2.45. The van der Waals surface area contributed by atoms with Crippen LogP contribution in [0.4, 0.5) is 4.39 Å². The van der Waals surface area contributed by atoms with E-state index >= 15 is 0 Å². The normalized spacial score (nSPS) is 12.5. The van der Waals surface area contributed by atoms with Gasteiger partial charge in [-0.05, 0) is 55.4 Å². The quantitative estimate of drug-likeness (QED) is 0.410. The van der Waals surface area contributed by atoms with E-state index < -0.39 is 0 Å². The first-order valence-corrected chi connectivity index (χ1v) is 10.4. The molecule has 0 bridgehead atoms. The lowest BCUT2D eigenvalue weighted by Gasteiger charge is -2.12. The Balaban J connectivity index is 0.000000419. The lowest BCUT2D eigenvalue weighted by molar-refractivity contribution is 0.243. The highest BCUT2D eigenvalue weighted by Crippen LogP contribution is 2.35. The minimum Gasteiger partial charge on any atom is -0.342 e. The van der Waals surface area contributed by atoms with Crippen LogP contribution in [0.15, 0.2) is 58.6 Å². The van der Waals surface area contributed by atoms with E-state index in [-0.39, 0.29) is 5.82 Å². The molecular weight excluding hydrogens is 407 g/mol. The summed E-state index contributed by atoms with van der Waals surface area (Å²) in [7, 11) is 1.77. The van der Waals surface area contributed by atoms with Gasteiger partial charge in [0.25, 0.3) is 0 Å². The second-order valence-corrected chi connectivity index (χ2v) is 8.24. The smallest absolute Gasteiger partial charge is 0.322 e. The van der Waals surface area contributed by atoms with Gasteiger partial charge in [0, 0.05) is 18.1 Å². The molecule has 0 spiro atoms. The van der Waals surface area contributed by atoms with Crippen LogP contribution in [0.3, 0.4) is 0 Å². The summed E-state index contributed by atoms with van der Waals surface area (Å²) in [6.07, 6.45) is 1.80. The van der Waals surface area contributed by atoms with Gasteiger partial charge in [-0.2, -0.15) is 5.06 Å². The summed E-state index contributed by atoms with van der Waals surface area (Å²) in [6, 6.07) is 12.6. The van der Waals surface area contributed by atoms with E-state index in [1.807, 2.05) is 31.2 Å². The fourth-order valence-electron chi connectivity index (χ4n) is 2.63. The van der Waals surface area contributed by atoms with Crippen molar-refractivity contribution in [3.63, 3.8) is 0 Å². The van der Waals surface area contributed by atoms with Crippen LogP contribution in [0.1, 0.15) is 37.0 Å². The van der Waals surface area contributed by atoms with Crippen LogP contribution in [-0.2, 0) is 11.4 Å². The Morgan fingerprint density at radius 2 is 1.93 bits per heavy atom. The van der Waals surface area contributed by atoms with E-state index in [1.165, 1.54) is 11.1 Å². The Morgan fingerprint density at radius 3 is 2.48 bits per heavy atom. The summed E-state index contributed by atoms with van der Waals surface area (Å²) in [5, 5.41) is 3.17. The van der Waals surface area contributed by atoms with E-state index in [0.29, 0.717) is 17.6 Å². The molecule has 4 rings (SSSR count). The van der Waals surface area contributed by atoms with Crippen LogP contribution in [0, 0.1) is 12.7 Å². The molecule has 3 aromatic rings. The summed E-state index contributed by atoms with van der Waals surface area (Å²) >= 11 is 6.03. The lowest BCUT2D eigenvalue weighted by Crippen LogP contribution is -2.05. The molecule has 0 radical (unpaired) electrons. The molecule has 1 aliphatic heterocycles. The third-order valence-electron chi connectivity index (χ3n) is 4.18. The molecular formula is C21H23FN4OS2. The van der Waals surface area contributed by atoms with Crippen molar-refractivity contribution >= 4 is 29.2 Å². The maximum absolute atomic E-state index is 13.5. The Labute approximate surface area is 179 Å². The van der Waals surface area contributed by atoms with Crippen LogP contribution in [-0.4, -0.2) is 31.8 Å². The third kappa shape index (κ3) is 5.77. The van der Waals surface area contributed by atoms with Crippen molar-refractivity contribution in [3.8, 4) is 0 Å². The molecule has 1 aliphatic rings. The van der Waals surface area contributed by atoms with E-state index in [0.717, 1.165) is 27.1 Å². The van der Waals surface area contributed by atoms with Crippen molar-refractivity contribution in [1.82, 2.24) is 19.6 Å². The second kappa shape index (κ2) is 9.37. The molecule has 0 N–H and O–H groups in total. The van der Waals surface area contributed by atoms with Crippen LogP contribution in [0.25, 0.3) is 0 Å². The highest BCUT2D eigenvalue weighted by molar-refractivity contribution is 7.99. The lowest BCUT2D eigenvalue weighted by atomic mass is 10.1. The molecule has 3 heterocycles. The van der Waals surface area contributed by atoms with Crippen molar-refractivity contribution in [2.24, 2.45) is 0 Å². The molecule has 1 fully saturated rings. The average Bonchev–Trinajstić information content (AvgIpc) is 3.25. The molecule has 0 unspecified atom stereocenters. The average molecular weight is 431 g/mol. The number of rotatable bonds is 5. The monoisotopic (exact) mass is 430 g/mol. The largest absolute Gasteiger partial charge is 0.342 e. The number of aromatic nitrogens is 3.